The molecule has 2 aromatic rings. The summed E-state index contributed by atoms with van der Waals surface area (Å²) in [6.45, 7) is 8.13. The Morgan fingerprint density at radius 1 is 1.24 bits per heavy atom. The largest absolute Gasteiger partial charge is 0.374 e. The third-order valence-corrected chi connectivity index (χ3v) is 7.11. The summed E-state index contributed by atoms with van der Waals surface area (Å²) in [5, 5.41) is 1.20. The van der Waals surface area contributed by atoms with Crippen LogP contribution in [0.1, 0.15) is 38.7 Å². The number of benzene rings is 1. The van der Waals surface area contributed by atoms with Crippen molar-refractivity contribution in [3.8, 4) is 0 Å². The van der Waals surface area contributed by atoms with E-state index in [1.54, 1.807) is 0 Å². The van der Waals surface area contributed by atoms with E-state index in [1.807, 2.05) is 12.3 Å². The fraction of sp³-hybridized carbons (Fsp3) is 0.583. The molecular weight excluding hydrogens is 362 g/mol. The maximum Gasteiger partial charge on any atom is 0.223 e. The second-order valence-corrected chi connectivity index (χ2v) is 9.33. The van der Waals surface area contributed by atoms with Crippen LogP contribution in [0.4, 0.5) is 0 Å². The number of likely N-dealkylation sites (tertiary alicyclic amines) is 1. The number of amides is 1. The van der Waals surface area contributed by atoms with E-state index in [-0.39, 0.29) is 18.2 Å². The summed E-state index contributed by atoms with van der Waals surface area (Å²) in [7, 11) is 0. The van der Waals surface area contributed by atoms with Gasteiger partial charge in [-0.3, -0.25) is 14.7 Å². The van der Waals surface area contributed by atoms with E-state index in [9.17, 15) is 4.79 Å². The average Bonchev–Trinajstić information content (AvgIpc) is 2.90. The molecule has 154 valence electrons. The van der Waals surface area contributed by atoms with E-state index >= 15 is 0 Å². The van der Waals surface area contributed by atoms with Gasteiger partial charge in [0.25, 0.3) is 0 Å². The summed E-state index contributed by atoms with van der Waals surface area (Å²) >= 11 is 0. The minimum atomic E-state index is 0.185. The first-order chi connectivity index (χ1) is 14.1. The molecule has 3 fully saturated rings. The summed E-state index contributed by atoms with van der Waals surface area (Å²) in [5.41, 5.74) is 2.38. The Bertz CT molecular complexity index is 899. The monoisotopic (exact) mass is 393 g/mol. The smallest absolute Gasteiger partial charge is 0.223 e. The van der Waals surface area contributed by atoms with E-state index < -0.39 is 0 Å². The zero-order chi connectivity index (χ0) is 20.0. The van der Waals surface area contributed by atoms with E-state index in [2.05, 4.69) is 52.9 Å². The molecule has 1 amide bonds. The second kappa shape index (κ2) is 7.69. The van der Waals surface area contributed by atoms with Crippen LogP contribution in [-0.4, -0.2) is 58.6 Å². The lowest BCUT2D eigenvalue weighted by Crippen LogP contribution is -2.65. The van der Waals surface area contributed by atoms with Gasteiger partial charge >= 0.3 is 0 Å². The molecule has 3 aliphatic heterocycles. The zero-order valence-electron chi connectivity index (χ0n) is 17.5. The van der Waals surface area contributed by atoms with Gasteiger partial charge in [0.15, 0.2) is 0 Å². The Morgan fingerprint density at radius 2 is 2.14 bits per heavy atom. The van der Waals surface area contributed by atoms with Crippen molar-refractivity contribution in [2.75, 3.05) is 19.7 Å². The summed E-state index contributed by atoms with van der Waals surface area (Å²) in [4.78, 5) is 22.1. The van der Waals surface area contributed by atoms with Crippen LogP contribution in [-0.2, 0) is 16.1 Å². The second-order valence-electron chi connectivity index (χ2n) is 9.33. The lowest BCUT2D eigenvalue weighted by Gasteiger charge is -2.52. The van der Waals surface area contributed by atoms with Gasteiger partial charge in [-0.2, -0.15) is 0 Å². The van der Waals surface area contributed by atoms with Crippen LogP contribution in [0.5, 0.6) is 0 Å². The standard InChI is InChI=1S/C24H31N3O2/c1-16(2)21-15-29-22-9-11-26(14-19-6-8-23(28)27(21)24(19)22)13-17-5-7-20-18(12-17)4-3-10-25-20/h3-5,7,10,12,16,19,21-22,24H,6,8-9,11,13-15H2,1-2H3/t19-,21-,22?,24?/m1/s1. The third-order valence-electron chi connectivity index (χ3n) is 7.11. The number of pyridine rings is 1. The predicted octanol–water partition coefficient (Wildman–Crippen LogP) is 3.47. The van der Waals surface area contributed by atoms with Crippen LogP contribution in [0, 0.1) is 11.8 Å². The van der Waals surface area contributed by atoms with Crippen molar-refractivity contribution < 1.29 is 9.53 Å². The number of rotatable bonds is 3. The van der Waals surface area contributed by atoms with Crippen LogP contribution in [0.25, 0.3) is 10.9 Å². The molecule has 3 saturated heterocycles. The van der Waals surface area contributed by atoms with Gasteiger partial charge in [-0.05, 0) is 48.4 Å². The summed E-state index contributed by atoms with van der Waals surface area (Å²) < 4.78 is 6.35. The quantitative estimate of drug-likeness (QED) is 0.801. The van der Waals surface area contributed by atoms with Crippen molar-refractivity contribution in [3.05, 3.63) is 42.1 Å². The Balaban J connectivity index is 1.37. The fourth-order valence-electron chi connectivity index (χ4n) is 5.62. The molecule has 0 saturated carbocycles. The molecule has 5 nitrogen and oxygen atoms in total. The fourth-order valence-corrected chi connectivity index (χ4v) is 5.62. The van der Waals surface area contributed by atoms with Gasteiger partial charge in [-0.1, -0.05) is 26.0 Å². The number of fused-ring (bicyclic) bond motifs is 1. The number of ether oxygens (including phenoxy) is 1. The normalized spacial score (nSPS) is 30.4. The van der Waals surface area contributed by atoms with Gasteiger partial charge in [-0.25, -0.2) is 0 Å². The van der Waals surface area contributed by atoms with Crippen LogP contribution in [0.3, 0.4) is 0 Å². The molecular formula is C24H31N3O2. The highest BCUT2D eigenvalue weighted by molar-refractivity contribution is 5.79. The SMILES string of the molecule is CC(C)[C@H]1COC2CCN(Cc3ccc4ncccc4c3)C[C@H]3CCC(=O)N1C23. The minimum absolute atomic E-state index is 0.185. The number of carbonyl (C=O) groups is 1. The lowest BCUT2D eigenvalue weighted by atomic mass is 9.81. The molecule has 3 aliphatic rings. The third kappa shape index (κ3) is 3.55. The zero-order valence-corrected chi connectivity index (χ0v) is 17.5. The molecule has 4 heterocycles. The maximum atomic E-state index is 12.8. The highest BCUT2D eigenvalue weighted by Crippen LogP contribution is 2.38. The number of nitrogens with zero attached hydrogens (tertiary/aromatic N) is 3. The van der Waals surface area contributed by atoms with E-state index in [0.29, 0.717) is 30.8 Å². The number of piperidine rings is 1. The Kier molecular flexibility index (Phi) is 5.04. The van der Waals surface area contributed by atoms with E-state index in [0.717, 1.165) is 38.0 Å². The molecule has 5 heteroatoms. The molecule has 5 rings (SSSR count). The summed E-state index contributed by atoms with van der Waals surface area (Å²) in [6, 6.07) is 11.2. The first kappa shape index (κ1) is 19.0. The van der Waals surface area contributed by atoms with Gasteiger partial charge in [0.2, 0.25) is 5.91 Å². The molecule has 1 aromatic carbocycles. The van der Waals surface area contributed by atoms with Crippen molar-refractivity contribution in [1.29, 1.82) is 0 Å². The molecule has 1 aromatic heterocycles. The van der Waals surface area contributed by atoms with Crippen LogP contribution in [0.2, 0.25) is 0 Å². The van der Waals surface area contributed by atoms with Gasteiger partial charge in [-0.15, -0.1) is 0 Å². The van der Waals surface area contributed by atoms with Gasteiger partial charge in [0, 0.05) is 37.6 Å². The van der Waals surface area contributed by atoms with Crippen molar-refractivity contribution in [2.45, 2.75) is 57.8 Å². The molecule has 0 spiro atoms. The lowest BCUT2D eigenvalue weighted by molar-refractivity contribution is -0.172. The Morgan fingerprint density at radius 3 is 3.00 bits per heavy atom. The molecule has 4 atom stereocenters. The highest BCUT2D eigenvalue weighted by Gasteiger charge is 2.49. The number of aromatic nitrogens is 1. The number of hydrogen-bond donors (Lipinski definition) is 0. The van der Waals surface area contributed by atoms with Crippen LogP contribution >= 0.6 is 0 Å². The van der Waals surface area contributed by atoms with Gasteiger partial charge < -0.3 is 9.64 Å². The number of morpholine rings is 1. The van der Waals surface area contributed by atoms with Gasteiger partial charge in [0.05, 0.1) is 30.3 Å². The Hall–Kier alpha value is -1.98. The topological polar surface area (TPSA) is 45.7 Å². The Labute approximate surface area is 173 Å². The first-order valence-electron chi connectivity index (χ1n) is 11.1. The van der Waals surface area contributed by atoms with E-state index in [4.69, 9.17) is 4.74 Å². The van der Waals surface area contributed by atoms with Crippen molar-refractivity contribution in [3.63, 3.8) is 0 Å². The van der Waals surface area contributed by atoms with E-state index in [1.165, 1.54) is 10.9 Å². The maximum absolute atomic E-state index is 12.8. The molecule has 2 unspecified atom stereocenters. The predicted molar refractivity (Wildman–Crippen MR) is 113 cm³/mol. The highest BCUT2D eigenvalue weighted by atomic mass is 16.5. The summed E-state index contributed by atoms with van der Waals surface area (Å²) in [5.74, 6) is 1.28. The summed E-state index contributed by atoms with van der Waals surface area (Å²) in [6.07, 6.45) is 4.71. The number of hydrogen-bond acceptors (Lipinski definition) is 4. The minimum Gasteiger partial charge on any atom is -0.374 e. The average molecular weight is 394 g/mol. The molecule has 0 bridgehead atoms. The van der Waals surface area contributed by atoms with Gasteiger partial charge in [0.1, 0.15) is 0 Å². The molecule has 29 heavy (non-hydrogen) atoms. The van der Waals surface area contributed by atoms with Crippen LogP contribution in [0.15, 0.2) is 36.5 Å². The van der Waals surface area contributed by atoms with Crippen molar-refractivity contribution in [2.24, 2.45) is 11.8 Å². The molecule has 0 aliphatic carbocycles. The van der Waals surface area contributed by atoms with Crippen molar-refractivity contribution in [1.82, 2.24) is 14.8 Å². The van der Waals surface area contributed by atoms with Crippen molar-refractivity contribution >= 4 is 16.8 Å². The first-order valence-corrected chi connectivity index (χ1v) is 11.1. The van der Waals surface area contributed by atoms with Crippen LogP contribution < -0.4 is 0 Å². The number of carbonyl (C=O) groups excluding carboxylic acids is 1. The molecule has 0 radical (unpaired) electrons. The molecule has 0 N–H and O–H groups in total.